The number of esters is 1. The van der Waals surface area contributed by atoms with Crippen molar-refractivity contribution in [1.29, 1.82) is 0 Å². The molecule has 0 bridgehead atoms. The number of hydrogen-bond donors (Lipinski definition) is 1. The predicted octanol–water partition coefficient (Wildman–Crippen LogP) is 4.20. The van der Waals surface area contributed by atoms with Gasteiger partial charge in [0.25, 0.3) is 0 Å². The van der Waals surface area contributed by atoms with E-state index in [1.165, 1.54) is 0 Å². The van der Waals surface area contributed by atoms with E-state index in [1.807, 2.05) is 48.5 Å². The van der Waals surface area contributed by atoms with Crippen molar-refractivity contribution < 1.29 is 14.3 Å². The summed E-state index contributed by atoms with van der Waals surface area (Å²) in [5, 5.41) is 3.18. The smallest absolute Gasteiger partial charge is 0.340 e. The number of cyclic esters (lactones) is 1. The molecule has 4 nitrogen and oxygen atoms in total. The van der Waals surface area contributed by atoms with Gasteiger partial charge in [0, 0.05) is 22.4 Å². The molecule has 1 unspecified atom stereocenters. The molecule has 1 atom stereocenters. The van der Waals surface area contributed by atoms with Crippen molar-refractivity contribution in [1.82, 2.24) is 0 Å². The van der Waals surface area contributed by atoms with Crippen LogP contribution in [0.2, 0.25) is 0 Å². The molecule has 25 heavy (non-hydrogen) atoms. The predicted molar refractivity (Wildman–Crippen MR) is 94.5 cm³/mol. The Kier molecular flexibility index (Phi) is 3.78. The van der Waals surface area contributed by atoms with Crippen LogP contribution in [-0.4, -0.2) is 11.8 Å². The van der Waals surface area contributed by atoms with Gasteiger partial charge in [0.2, 0.25) is 6.23 Å². The summed E-state index contributed by atoms with van der Waals surface area (Å²) < 4.78 is 5.41. The second kappa shape index (κ2) is 6.24. The van der Waals surface area contributed by atoms with Gasteiger partial charge in [-0.25, -0.2) is 4.79 Å². The van der Waals surface area contributed by atoms with E-state index in [-0.39, 0.29) is 11.8 Å². The molecule has 3 aromatic carbocycles. The Labute approximate surface area is 145 Å². The van der Waals surface area contributed by atoms with Crippen LogP contribution in [0.4, 0.5) is 5.69 Å². The zero-order chi connectivity index (χ0) is 17.2. The first-order chi connectivity index (χ1) is 12.2. The number of benzene rings is 3. The van der Waals surface area contributed by atoms with Crippen molar-refractivity contribution in [2.45, 2.75) is 6.23 Å². The van der Waals surface area contributed by atoms with Gasteiger partial charge in [-0.2, -0.15) is 0 Å². The molecule has 0 aliphatic carbocycles. The van der Waals surface area contributed by atoms with Gasteiger partial charge in [-0.3, -0.25) is 4.79 Å². The molecule has 0 spiro atoms. The van der Waals surface area contributed by atoms with Gasteiger partial charge in [0.05, 0.1) is 5.56 Å². The standard InChI is InChI=1S/C21H15NO3/c23-19(14-8-2-1-3-9-14)17-12-6-7-13-18(17)22-20-15-10-4-5-11-16(15)21(24)25-20/h1-13,20,22H. The van der Waals surface area contributed by atoms with Crippen molar-refractivity contribution in [3.63, 3.8) is 0 Å². The summed E-state index contributed by atoms with van der Waals surface area (Å²) >= 11 is 0. The summed E-state index contributed by atoms with van der Waals surface area (Å²) in [7, 11) is 0. The van der Waals surface area contributed by atoms with Gasteiger partial charge in [0.1, 0.15) is 0 Å². The molecule has 0 aromatic heterocycles. The van der Waals surface area contributed by atoms with Crippen LogP contribution in [0.3, 0.4) is 0 Å². The highest BCUT2D eigenvalue weighted by Crippen LogP contribution is 2.32. The van der Waals surface area contributed by atoms with Crippen molar-refractivity contribution in [3.8, 4) is 0 Å². The first kappa shape index (κ1) is 15.1. The molecule has 0 saturated carbocycles. The molecule has 4 rings (SSSR count). The zero-order valence-electron chi connectivity index (χ0n) is 13.3. The average Bonchev–Trinajstić information content (AvgIpc) is 2.98. The minimum absolute atomic E-state index is 0.0821. The number of carbonyl (C=O) groups excluding carboxylic acids is 2. The van der Waals surface area contributed by atoms with Gasteiger partial charge < -0.3 is 10.1 Å². The molecule has 0 fully saturated rings. The maximum absolute atomic E-state index is 12.8. The van der Waals surface area contributed by atoms with E-state index in [0.717, 1.165) is 5.56 Å². The second-order valence-electron chi connectivity index (χ2n) is 5.76. The molecule has 0 radical (unpaired) electrons. The third-order valence-corrected chi connectivity index (χ3v) is 4.18. The number of fused-ring (bicyclic) bond motifs is 1. The number of nitrogens with one attached hydrogen (secondary N) is 1. The summed E-state index contributed by atoms with van der Waals surface area (Å²) in [6.45, 7) is 0. The third kappa shape index (κ3) is 2.78. The topological polar surface area (TPSA) is 55.4 Å². The maximum atomic E-state index is 12.8. The Bertz CT molecular complexity index is 950. The van der Waals surface area contributed by atoms with E-state index in [1.54, 1.807) is 30.3 Å². The number of carbonyl (C=O) groups is 2. The summed E-state index contributed by atoms with van der Waals surface area (Å²) in [5.41, 5.74) is 3.10. The lowest BCUT2D eigenvalue weighted by Crippen LogP contribution is -2.13. The zero-order valence-corrected chi connectivity index (χ0v) is 13.3. The highest BCUT2D eigenvalue weighted by Gasteiger charge is 2.31. The third-order valence-electron chi connectivity index (χ3n) is 4.18. The highest BCUT2D eigenvalue weighted by molar-refractivity contribution is 6.12. The van der Waals surface area contributed by atoms with Crippen LogP contribution in [0.25, 0.3) is 0 Å². The van der Waals surface area contributed by atoms with Crippen molar-refractivity contribution in [2.75, 3.05) is 5.32 Å². The summed E-state index contributed by atoms with van der Waals surface area (Å²) in [5.74, 6) is -0.443. The Balaban J connectivity index is 1.67. The van der Waals surface area contributed by atoms with Crippen molar-refractivity contribution in [2.24, 2.45) is 0 Å². The fraction of sp³-hybridized carbons (Fsp3) is 0.0476. The van der Waals surface area contributed by atoms with Gasteiger partial charge >= 0.3 is 5.97 Å². The molecule has 122 valence electrons. The minimum Gasteiger partial charge on any atom is -0.434 e. The van der Waals surface area contributed by atoms with Crippen LogP contribution in [0, 0.1) is 0 Å². The lowest BCUT2D eigenvalue weighted by atomic mass is 10.0. The highest BCUT2D eigenvalue weighted by atomic mass is 16.6. The van der Waals surface area contributed by atoms with Crippen molar-refractivity contribution >= 4 is 17.4 Å². The van der Waals surface area contributed by atoms with E-state index in [9.17, 15) is 9.59 Å². The fourth-order valence-corrected chi connectivity index (χ4v) is 2.95. The molecule has 1 aliphatic heterocycles. The molecule has 4 heteroatoms. The number of anilines is 1. The van der Waals surface area contributed by atoms with Gasteiger partial charge in [-0.05, 0) is 18.2 Å². The monoisotopic (exact) mass is 329 g/mol. The van der Waals surface area contributed by atoms with Crippen LogP contribution in [0.15, 0.2) is 78.9 Å². The van der Waals surface area contributed by atoms with E-state index in [0.29, 0.717) is 22.4 Å². The van der Waals surface area contributed by atoms with E-state index < -0.39 is 6.23 Å². The van der Waals surface area contributed by atoms with E-state index >= 15 is 0 Å². The molecule has 1 heterocycles. The van der Waals surface area contributed by atoms with Crippen LogP contribution in [-0.2, 0) is 4.74 Å². The number of ketones is 1. The molecule has 0 saturated heterocycles. The summed E-state index contributed by atoms with van der Waals surface area (Å²) in [6, 6.07) is 23.6. The van der Waals surface area contributed by atoms with Gasteiger partial charge in [-0.15, -0.1) is 0 Å². The van der Waals surface area contributed by atoms with Gasteiger partial charge in [0.15, 0.2) is 5.78 Å². The summed E-state index contributed by atoms with van der Waals surface area (Å²) in [6.07, 6.45) is -0.603. The summed E-state index contributed by atoms with van der Waals surface area (Å²) in [4.78, 5) is 24.8. The number of para-hydroxylation sites is 1. The number of hydrogen-bond acceptors (Lipinski definition) is 4. The van der Waals surface area contributed by atoms with Crippen LogP contribution in [0.5, 0.6) is 0 Å². The van der Waals surface area contributed by atoms with Crippen molar-refractivity contribution in [3.05, 3.63) is 101 Å². The maximum Gasteiger partial charge on any atom is 0.340 e. The Morgan fingerprint density at radius 3 is 2.36 bits per heavy atom. The molecule has 1 aliphatic rings. The lowest BCUT2D eigenvalue weighted by Gasteiger charge is -2.17. The molecular weight excluding hydrogens is 314 g/mol. The second-order valence-corrected chi connectivity index (χ2v) is 5.76. The first-order valence-corrected chi connectivity index (χ1v) is 7.99. The quantitative estimate of drug-likeness (QED) is 0.576. The average molecular weight is 329 g/mol. The molecule has 0 amide bonds. The number of ether oxygens (including phenoxy) is 1. The van der Waals surface area contributed by atoms with E-state index in [2.05, 4.69) is 5.32 Å². The number of rotatable bonds is 4. The SMILES string of the molecule is O=C(c1ccccc1)c1ccccc1NC1OC(=O)c2ccccc21. The molecule has 3 aromatic rings. The van der Waals surface area contributed by atoms with Gasteiger partial charge in [-0.1, -0.05) is 60.7 Å². The first-order valence-electron chi connectivity index (χ1n) is 7.99. The van der Waals surface area contributed by atoms with Crippen LogP contribution >= 0.6 is 0 Å². The normalized spacial score (nSPS) is 15.4. The largest absolute Gasteiger partial charge is 0.434 e. The Morgan fingerprint density at radius 2 is 1.52 bits per heavy atom. The molecule has 1 N–H and O–H groups in total. The van der Waals surface area contributed by atoms with Crippen LogP contribution < -0.4 is 5.32 Å². The Morgan fingerprint density at radius 1 is 0.840 bits per heavy atom. The molecular formula is C21H15NO3. The van der Waals surface area contributed by atoms with E-state index in [4.69, 9.17) is 4.74 Å². The Hall–Kier alpha value is -3.40. The van der Waals surface area contributed by atoms with Crippen LogP contribution in [0.1, 0.15) is 38.1 Å². The fourth-order valence-electron chi connectivity index (χ4n) is 2.95. The minimum atomic E-state index is -0.603. The lowest BCUT2D eigenvalue weighted by molar-refractivity contribution is 0.0437.